The van der Waals surface area contributed by atoms with Gasteiger partial charge in [-0.1, -0.05) is 18.2 Å². The van der Waals surface area contributed by atoms with E-state index in [4.69, 9.17) is 8.83 Å². The zero-order valence-electron chi connectivity index (χ0n) is 20.0. The summed E-state index contributed by atoms with van der Waals surface area (Å²) >= 11 is 0. The molecule has 0 saturated heterocycles. The number of nitrogens with zero attached hydrogens (tertiary/aromatic N) is 6. The topological polar surface area (TPSA) is 104 Å². The molecule has 4 heterocycles. The lowest BCUT2D eigenvalue weighted by Gasteiger charge is -2.01. The van der Waals surface area contributed by atoms with Gasteiger partial charge in [-0.25, -0.2) is 4.39 Å². The minimum atomic E-state index is -0.338. The Balaban J connectivity index is 1.18. The number of fused-ring (bicyclic) bond motifs is 2. The minimum absolute atomic E-state index is 0.309. The number of pyridine rings is 2. The Morgan fingerprint density at radius 1 is 0.553 bits per heavy atom. The van der Waals surface area contributed by atoms with E-state index < -0.39 is 0 Å². The summed E-state index contributed by atoms with van der Waals surface area (Å²) in [6.45, 7) is 2.03. The third-order valence-corrected chi connectivity index (χ3v) is 6.19. The van der Waals surface area contributed by atoms with Crippen LogP contribution >= 0.6 is 0 Å². The maximum atomic E-state index is 13.5. The standard InChI is InChI=1S/C29H17FN6O2/c1-16-5-6-17-10-21(14-31-24(17)9-16)28-35-33-26(37-28)19-3-2-4-20(12-19)27-34-36-29(38-27)22-11-18-7-8-23(30)13-25(18)32-15-22/h2-15H,1H3. The highest BCUT2D eigenvalue weighted by molar-refractivity contribution is 5.83. The number of aromatic nitrogens is 6. The number of benzene rings is 3. The van der Waals surface area contributed by atoms with Crippen molar-refractivity contribution < 1.29 is 13.2 Å². The van der Waals surface area contributed by atoms with E-state index in [1.54, 1.807) is 18.5 Å². The summed E-state index contributed by atoms with van der Waals surface area (Å²) in [6, 6.07) is 21.8. The van der Waals surface area contributed by atoms with Gasteiger partial charge in [0.15, 0.2) is 0 Å². The number of aryl methyl sites for hydroxylation is 1. The molecule has 0 saturated carbocycles. The predicted molar refractivity (Wildman–Crippen MR) is 139 cm³/mol. The third-order valence-electron chi connectivity index (χ3n) is 6.19. The first kappa shape index (κ1) is 21.9. The van der Waals surface area contributed by atoms with Gasteiger partial charge in [0.1, 0.15) is 5.82 Å². The van der Waals surface area contributed by atoms with Crippen molar-refractivity contribution in [2.24, 2.45) is 0 Å². The molecule has 0 radical (unpaired) electrons. The molecule has 0 bridgehead atoms. The highest BCUT2D eigenvalue weighted by Gasteiger charge is 2.16. The van der Waals surface area contributed by atoms with Crippen molar-refractivity contribution in [3.8, 4) is 45.8 Å². The number of hydrogen-bond acceptors (Lipinski definition) is 8. The zero-order valence-corrected chi connectivity index (χ0v) is 20.0. The van der Waals surface area contributed by atoms with Gasteiger partial charge < -0.3 is 8.83 Å². The van der Waals surface area contributed by atoms with Gasteiger partial charge in [0.25, 0.3) is 0 Å². The molecular formula is C29H17FN6O2. The summed E-state index contributed by atoms with van der Waals surface area (Å²) in [4.78, 5) is 8.83. The highest BCUT2D eigenvalue weighted by atomic mass is 19.1. The molecule has 3 aromatic carbocycles. The van der Waals surface area contributed by atoms with Gasteiger partial charge >= 0.3 is 0 Å². The van der Waals surface area contributed by atoms with Gasteiger partial charge in [0, 0.05) is 40.4 Å². The quantitative estimate of drug-likeness (QED) is 0.264. The van der Waals surface area contributed by atoms with Crippen LogP contribution in [-0.2, 0) is 0 Å². The fourth-order valence-electron chi connectivity index (χ4n) is 4.26. The first-order valence-corrected chi connectivity index (χ1v) is 11.8. The van der Waals surface area contributed by atoms with Crippen LogP contribution in [0.2, 0.25) is 0 Å². The lowest BCUT2D eigenvalue weighted by Crippen LogP contribution is -1.84. The molecule has 0 fully saturated rings. The van der Waals surface area contributed by atoms with Crippen LogP contribution in [0, 0.1) is 12.7 Å². The predicted octanol–water partition coefficient (Wildman–Crippen LogP) is 6.66. The monoisotopic (exact) mass is 500 g/mol. The molecule has 9 heteroatoms. The summed E-state index contributed by atoms with van der Waals surface area (Å²) in [5.41, 5.74) is 5.39. The Kier molecular flexibility index (Phi) is 5.00. The smallest absolute Gasteiger partial charge is 0.249 e. The summed E-state index contributed by atoms with van der Waals surface area (Å²) in [7, 11) is 0. The van der Waals surface area contributed by atoms with E-state index >= 15 is 0 Å². The molecule has 7 rings (SSSR count). The molecule has 38 heavy (non-hydrogen) atoms. The van der Waals surface area contributed by atoms with Crippen LogP contribution in [0.4, 0.5) is 4.39 Å². The molecule has 8 nitrogen and oxygen atoms in total. The molecule has 182 valence electrons. The van der Waals surface area contributed by atoms with E-state index in [0.717, 1.165) is 27.4 Å². The van der Waals surface area contributed by atoms with Gasteiger partial charge in [-0.05, 0) is 61.0 Å². The molecule has 0 N–H and O–H groups in total. The van der Waals surface area contributed by atoms with E-state index in [2.05, 4.69) is 30.4 Å². The van der Waals surface area contributed by atoms with Gasteiger partial charge in [-0.15, -0.1) is 20.4 Å². The highest BCUT2D eigenvalue weighted by Crippen LogP contribution is 2.30. The van der Waals surface area contributed by atoms with Crippen LogP contribution in [-0.4, -0.2) is 30.4 Å². The molecule has 0 atom stereocenters. The number of rotatable bonds is 4. The van der Waals surface area contributed by atoms with Gasteiger partial charge in [0.2, 0.25) is 23.6 Å². The summed E-state index contributed by atoms with van der Waals surface area (Å²) < 4.78 is 25.4. The van der Waals surface area contributed by atoms with Crippen molar-refractivity contribution in [3.63, 3.8) is 0 Å². The average molecular weight is 500 g/mol. The second-order valence-electron chi connectivity index (χ2n) is 8.89. The summed E-state index contributed by atoms with van der Waals surface area (Å²) in [5.74, 6) is 1.04. The Labute approximate surface area is 214 Å². The van der Waals surface area contributed by atoms with E-state index in [0.29, 0.717) is 45.8 Å². The van der Waals surface area contributed by atoms with Crippen LogP contribution in [0.15, 0.2) is 94.0 Å². The number of hydrogen-bond donors (Lipinski definition) is 0. The molecule has 7 aromatic rings. The van der Waals surface area contributed by atoms with Gasteiger partial charge in [0.05, 0.1) is 22.2 Å². The maximum Gasteiger partial charge on any atom is 0.249 e. The molecule has 4 aromatic heterocycles. The third kappa shape index (κ3) is 3.96. The van der Waals surface area contributed by atoms with Crippen LogP contribution in [0.25, 0.3) is 67.6 Å². The molecule has 0 spiro atoms. The van der Waals surface area contributed by atoms with Crippen molar-refractivity contribution >= 4 is 21.8 Å². The van der Waals surface area contributed by atoms with Crippen LogP contribution < -0.4 is 0 Å². The fourth-order valence-corrected chi connectivity index (χ4v) is 4.26. The Morgan fingerprint density at radius 2 is 1.08 bits per heavy atom. The van der Waals surface area contributed by atoms with E-state index in [9.17, 15) is 4.39 Å². The van der Waals surface area contributed by atoms with Crippen LogP contribution in [0.3, 0.4) is 0 Å². The van der Waals surface area contributed by atoms with Crippen molar-refractivity contribution in [2.75, 3.05) is 0 Å². The fraction of sp³-hybridized carbons (Fsp3) is 0.0345. The van der Waals surface area contributed by atoms with E-state index in [-0.39, 0.29) is 5.82 Å². The molecular weight excluding hydrogens is 483 g/mol. The van der Waals surface area contributed by atoms with Crippen LogP contribution in [0.1, 0.15) is 5.56 Å². The normalized spacial score (nSPS) is 11.4. The Hall–Kier alpha value is -5.31. The van der Waals surface area contributed by atoms with Crippen LogP contribution in [0.5, 0.6) is 0 Å². The van der Waals surface area contributed by atoms with E-state index in [1.165, 1.54) is 12.1 Å². The first-order chi connectivity index (χ1) is 18.6. The summed E-state index contributed by atoms with van der Waals surface area (Å²) in [6.07, 6.45) is 3.31. The van der Waals surface area contributed by atoms with Crippen molar-refractivity contribution in [1.82, 2.24) is 30.4 Å². The molecule has 0 aliphatic heterocycles. The lowest BCUT2D eigenvalue weighted by molar-refractivity contribution is 0.582. The largest absolute Gasteiger partial charge is 0.416 e. The maximum absolute atomic E-state index is 13.5. The average Bonchev–Trinajstić information content (AvgIpc) is 3.64. The summed E-state index contributed by atoms with van der Waals surface area (Å²) in [5, 5.41) is 18.6. The van der Waals surface area contributed by atoms with Crippen molar-refractivity contribution in [1.29, 1.82) is 0 Å². The molecule has 0 amide bonds. The second kappa shape index (κ2) is 8.67. The second-order valence-corrected chi connectivity index (χ2v) is 8.89. The lowest BCUT2D eigenvalue weighted by atomic mass is 10.1. The molecule has 0 aliphatic rings. The molecule has 0 aliphatic carbocycles. The Bertz CT molecular complexity index is 1840. The molecule has 0 unspecified atom stereocenters. The van der Waals surface area contributed by atoms with Gasteiger partial charge in [-0.3, -0.25) is 9.97 Å². The van der Waals surface area contributed by atoms with Gasteiger partial charge in [-0.2, -0.15) is 0 Å². The van der Waals surface area contributed by atoms with Crippen molar-refractivity contribution in [3.05, 3.63) is 96.6 Å². The zero-order chi connectivity index (χ0) is 25.6. The van der Waals surface area contributed by atoms with Crippen molar-refractivity contribution in [2.45, 2.75) is 6.92 Å². The number of halogens is 1. The first-order valence-electron chi connectivity index (χ1n) is 11.8. The van der Waals surface area contributed by atoms with E-state index in [1.807, 2.05) is 61.5 Å². The Morgan fingerprint density at radius 3 is 1.68 bits per heavy atom. The SMILES string of the molecule is Cc1ccc2cc(-c3nnc(-c4cccc(-c5nnc(-c6cnc7cc(F)ccc7c6)o5)c4)o3)cnc2c1. The minimum Gasteiger partial charge on any atom is -0.416 e.